The molecule has 0 radical (unpaired) electrons. The fourth-order valence-corrected chi connectivity index (χ4v) is 0.850. The SMILES string of the molecule is CC(C)C(NC(=O)C[N+](=O)[O-])C(=O)O. The number of rotatable bonds is 5. The van der Waals surface area contributed by atoms with Crippen molar-refractivity contribution >= 4 is 11.9 Å². The zero-order chi connectivity index (χ0) is 11.3. The van der Waals surface area contributed by atoms with E-state index >= 15 is 0 Å². The van der Waals surface area contributed by atoms with Crippen molar-refractivity contribution in [3.63, 3.8) is 0 Å². The number of nitro groups is 1. The van der Waals surface area contributed by atoms with E-state index in [1.54, 1.807) is 13.8 Å². The summed E-state index contributed by atoms with van der Waals surface area (Å²) in [6.45, 7) is 2.30. The normalized spacial score (nSPS) is 12.2. The summed E-state index contributed by atoms with van der Waals surface area (Å²) in [6.07, 6.45) is 0. The summed E-state index contributed by atoms with van der Waals surface area (Å²) in [5.74, 6) is -2.41. The predicted octanol–water partition coefficient (Wildman–Crippen LogP) is -0.511. The second-order valence-electron chi connectivity index (χ2n) is 3.12. The number of amides is 1. The smallest absolute Gasteiger partial charge is 0.326 e. The number of aliphatic carboxylic acids is 1. The van der Waals surface area contributed by atoms with Crippen molar-refractivity contribution in [3.8, 4) is 0 Å². The van der Waals surface area contributed by atoms with Crippen molar-refractivity contribution < 1.29 is 19.6 Å². The van der Waals surface area contributed by atoms with Crippen LogP contribution >= 0.6 is 0 Å². The van der Waals surface area contributed by atoms with Crippen molar-refractivity contribution in [1.82, 2.24) is 5.32 Å². The number of nitrogens with one attached hydrogen (secondary N) is 1. The highest BCUT2D eigenvalue weighted by Gasteiger charge is 2.24. The lowest BCUT2D eigenvalue weighted by molar-refractivity contribution is -0.467. The van der Waals surface area contributed by atoms with Crippen LogP contribution in [-0.2, 0) is 9.59 Å². The molecule has 1 amide bonds. The molecule has 0 heterocycles. The molecule has 0 rings (SSSR count). The van der Waals surface area contributed by atoms with Gasteiger partial charge in [0.25, 0.3) is 12.5 Å². The van der Waals surface area contributed by atoms with Crippen molar-refractivity contribution in [2.24, 2.45) is 5.92 Å². The molecule has 0 bridgehead atoms. The van der Waals surface area contributed by atoms with E-state index in [-0.39, 0.29) is 5.92 Å². The first-order valence-corrected chi connectivity index (χ1v) is 3.98. The van der Waals surface area contributed by atoms with Gasteiger partial charge in [-0.1, -0.05) is 13.8 Å². The van der Waals surface area contributed by atoms with E-state index in [1.807, 2.05) is 0 Å². The highest BCUT2D eigenvalue weighted by molar-refractivity contribution is 5.84. The summed E-state index contributed by atoms with van der Waals surface area (Å²) in [6, 6.07) is -1.08. The van der Waals surface area contributed by atoms with Crippen LogP contribution in [0.1, 0.15) is 13.8 Å². The van der Waals surface area contributed by atoms with Gasteiger partial charge in [0.15, 0.2) is 0 Å². The van der Waals surface area contributed by atoms with Crippen molar-refractivity contribution in [2.45, 2.75) is 19.9 Å². The fourth-order valence-electron chi connectivity index (χ4n) is 0.850. The second-order valence-corrected chi connectivity index (χ2v) is 3.12. The van der Waals surface area contributed by atoms with Gasteiger partial charge in [0.1, 0.15) is 6.04 Å². The van der Waals surface area contributed by atoms with Crippen LogP contribution in [0, 0.1) is 16.0 Å². The Labute approximate surface area is 80.2 Å². The molecule has 0 aromatic heterocycles. The van der Waals surface area contributed by atoms with Crippen LogP contribution in [0.15, 0.2) is 0 Å². The van der Waals surface area contributed by atoms with Gasteiger partial charge < -0.3 is 10.4 Å². The van der Waals surface area contributed by atoms with Gasteiger partial charge in [-0.15, -0.1) is 0 Å². The average molecular weight is 204 g/mol. The predicted molar refractivity (Wildman–Crippen MR) is 46.3 cm³/mol. The fraction of sp³-hybridized carbons (Fsp3) is 0.714. The van der Waals surface area contributed by atoms with E-state index in [2.05, 4.69) is 5.32 Å². The lowest BCUT2D eigenvalue weighted by atomic mass is 10.1. The number of carboxylic acids is 1. The van der Waals surface area contributed by atoms with Crippen LogP contribution in [0.5, 0.6) is 0 Å². The number of carboxylic acid groups (broad SMARTS) is 1. The van der Waals surface area contributed by atoms with E-state index in [4.69, 9.17) is 5.11 Å². The Kier molecular flexibility index (Phi) is 4.54. The number of hydrogen-bond acceptors (Lipinski definition) is 4. The van der Waals surface area contributed by atoms with Crippen LogP contribution in [0.2, 0.25) is 0 Å². The molecule has 7 heteroatoms. The van der Waals surface area contributed by atoms with Gasteiger partial charge in [-0.3, -0.25) is 14.9 Å². The topological polar surface area (TPSA) is 110 Å². The van der Waals surface area contributed by atoms with E-state index in [9.17, 15) is 19.7 Å². The molecule has 1 atom stereocenters. The Morgan fingerprint density at radius 3 is 2.29 bits per heavy atom. The van der Waals surface area contributed by atoms with Crippen LogP contribution < -0.4 is 5.32 Å². The summed E-state index contributed by atoms with van der Waals surface area (Å²) in [5.41, 5.74) is 0. The first-order valence-electron chi connectivity index (χ1n) is 3.98. The first kappa shape index (κ1) is 12.3. The molecule has 14 heavy (non-hydrogen) atoms. The number of hydrogen-bond donors (Lipinski definition) is 2. The number of carbonyl (C=O) groups excluding carboxylic acids is 1. The summed E-state index contributed by atoms with van der Waals surface area (Å²) in [4.78, 5) is 30.6. The molecule has 0 saturated carbocycles. The molecular weight excluding hydrogens is 192 g/mol. The van der Waals surface area contributed by atoms with E-state index in [0.717, 1.165) is 0 Å². The molecule has 0 aliphatic rings. The zero-order valence-corrected chi connectivity index (χ0v) is 7.89. The molecule has 80 valence electrons. The molecule has 1 unspecified atom stereocenters. The van der Waals surface area contributed by atoms with Gasteiger partial charge in [0.05, 0.1) is 0 Å². The molecule has 0 fully saturated rings. The molecule has 0 saturated heterocycles. The lowest BCUT2D eigenvalue weighted by Crippen LogP contribution is -2.46. The standard InChI is InChI=1S/C7H12N2O5/c1-4(2)6(7(11)12)8-5(10)3-9(13)14/h4,6H,3H2,1-2H3,(H,8,10)(H,11,12). The molecule has 2 N–H and O–H groups in total. The van der Waals surface area contributed by atoms with E-state index in [0.29, 0.717) is 0 Å². The quantitative estimate of drug-likeness (QED) is 0.463. The van der Waals surface area contributed by atoms with Crippen LogP contribution in [-0.4, -0.2) is 34.5 Å². The minimum absolute atomic E-state index is 0.316. The maximum atomic E-state index is 10.9. The van der Waals surface area contributed by atoms with E-state index < -0.39 is 29.4 Å². The molecule has 7 nitrogen and oxygen atoms in total. The van der Waals surface area contributed by atoms with Crippen molar-refractivity contribution in [1.29, 1.82) is 0 Å². The Morgan fingerprint density at radius 2 is 2.00 bits per heavy atom. The number of nitrogens with zero attached hydrogens (tertiary/aromatic N) is 1. The molecule has 0 aliphatic carbocycles. The summed E-state index contributed by atoms with van der Waals surface area (Å²) >= 11 is 0. The third kappa shape index (κ3) is 4.39. The minimum Gasteiger partial charge on any atom is -0.480 e. The molecule has 0 aliphatic heterocycles. The lowest BCUT2D eigenvalue weighted by Gasteiger charge is -2.16. The highest BCUT2D eigenvalue weighted by Crippen LogP contribution is 2.01. The van der Waals surface area contributed by atoms with Crippen LogP contribution in [0.25, 0.3) is 0 Å². The third-order valence-corrected chi connectivity index (χ3v) is 1.52. The summed E-state index contributed by atoms with van der Waals surface area (Å²) in [7, 11) is 0. The molecule has 0 aromatic carbocycles. The van der Waals surface area contributed by atoms with Gasteiger partial charge in [-0.25, -0.2) is 4.79 Å². The number of carbonyl (C=O) groups is 2. The van der Waals surface area contributed by atoms with Gasteiger partial charge in [-0.2, -0.15) is 0 Å². The highest BCUT2D eigenvalue weighted by atomic mass is 16.6. The van der Waals surface area contributed by atoms with E-state index in [1.165, 1.54) is 0 Å². The largest absolute Gasteiger partial charge is 0.480 e. The molecular formula is C7H12N2O5. The Bertz CT molecular complexity index is 250. The first-order chi connectivity index (χ1) is 6.34. The van der Waals surface area contributed by atoms with Gasteiger partial charge in [0, 0.05) is 4.92 Å². The molecule has 0 aromatic rings. The molecule has 0 spiro atoms. The third-order valence-electron chi connectivity index (χ3n) is 1.52. The Morgan fingerprint density at radius 1 is 1.50 bits per heavy atom. The maximum Gasteiger partial charge on any atom is 0.326 e. The average Bonchev–Trinajstić information content (AvgIpc) is 1.97. The van der Waals surface area contributed by atoms with Gasteiger partial charge in [-0.05, 0) is 5.92 Å². The van der Waals surface area contributed by atoms with Crippen molar-refractivity contribution in [2.75, 3.05) is 6.54 Å². The Hall–Kier alpha value is -1.66. The monoisotopic (exact) mass is 204 g/mol. The Balaban J connectivity index is 4.24. The zero-order valence-electron chi connectivity index (χ0n) is 7.89. The van der Waals surface area contributed by atoms with Gasteiger partial charge >= 0.3 is 5.97 Å². The van der Waals surface area contributed by atoms with Gasteiger partial charge in [0.2, 0.25) is 0 Å². The van der Waals surface area contributed by atoms with Crippen molar-refractivity contribution in [3.05, 3.63) is 10.1 Å². The minimum atomic E-state index is -1.20. The van der Waals surface area contributed by atoms with Crippen LogP contribution in [0.4, 0.5) is 0 Å². The second kappa shape index (κ2) is 5.15. The summed E-state index contributed by atoms with van der Waals surface area (Å²) in [5, 5.41) is 20.6. The van der Waals surface area contributed by atoms with Crippen LogP contribution in [0.3, 0.4) is 0 Å². The summed E-state index contributed by atoms with van der Waals surface area (Å²) < 4.78 is 0. The maximum absolute atomic E-state index is 10.9.